The van der Waals surface area contributed by atoms with Crippen LogP contribution in [0.3, 0.4) is 0 Å². The molecule has 0 aliphatic heterocycles. The summed E-state index contributed by atoms with van der Waals surface area (Å²) < 4.78 is 4.83. The first-order chi connectivity index (χ1) is 15.7. The van der Waals surface area contributed by atoms with Gasteiger partial charge in [-0.25, -0.2) is 4.79 Å². The molecule has 3 aliphatic carbocycles. The highest BCUT2D eigenvalue weighted by Gasteiger charge is 2.52. The van der Waals surface area contributed by atoms with Crippen LogP contribution in [0.15, 0.2) is 102 Å². The van der Waals surface area contributed by atoms with Crippen molar-refractivity contribution >= 4 is 17.7 Å². The van der Waals surface area contributed by atoms with E-state index < -0.39 is 0 Å². The maximum absolute atomic E-state index is 12.1. The number of hydrogen-bond donors (Lipinski definition) is 0. The van der Waals surface area contributed by atoms with E-state index in [1.807, 2.05) is 43.0 Å². The Morgan fingerprint density at radius 3 is 1.69 bits per heavy atom. The summed E-state index contributed by atoms with van der Waals surface area (Å²) in [6.07, 6.45) is 0. The molecular formula is C29H22O2S. The molecule has 0 saturated heterocycles. The lowest BCUT2D eigenvalue weighted by molar-refractivity contribution is 0.0526. The zero-order valence-electron chi connectivity index (χ0n) is 17.7. The van der Waals surface area contributed by atoms with Gasteiger partial charge in [-0.15, -0.1) is 11.8 Å². The number of rotatable bonds is 4. The molecule has 3 heteroatoms. The summed E-state index contributed by atoms with van der Waals surface area (Å²) in [7, 11) is 0. The van der Waals surface area contributed by atoms with E-state index in [1.54, 1.807) is 0 Å². The fourth-order valence-electron chi connectivity index (χ4n) is 5.36. The summed E-state index contributed by atoms with van der Waals surface area (Å²) in [5.41, 5.74) is 8.84. The number of ether oxygens (including phenoxy) is 1. The predicted molar refractivity (Wildman–Crippen MR) is 128 cm³/mol. The van der Waals surface area contributed by atoms with E-state index in [2.05, 4.69) is 72.8 Å². The summed E-state index contributed by atoms with van der Waals surface area (Å²) in [6, 6.07) is 34.4. The number of carbonyl (C=O) groups excluding carboxylic acids is 1. The van der Waals surface area contributed by atoms with Crippen molar-refractivity contribution in [2.45, 2.75) is 22.5 Å². The molecule has 0 fully saturated rings. The van der Waals surface area contributed by atoms with Gasteiger partial charge in [0.1, 0.15) is 0 Å². The second kappa shape index (κ2) is 7.39. The molecule has 0 N–H and O–H groups in total. The van der Waals surface area contributed by atoms with Crippen molar-refractivity contribution < 1.29 is 9.53 Å². The molecule has 0 heterocycles. The van der Waals surface area contributed by atoms with Gasteiger partial charge < -0.3 is 4.74 Å². The topological polar surface area (TPSA) is 26.3 Å². The molecule has 4 aromatic rings. The fourth-order valence-corrected chi connectivity index (χ4v) is 6.87. The van der Waals surface area contributed by atoms with E-state index in [9.17, 15) is 4.79 Å². The smallest absolute Gasteiger partial charge is 0.338 e. The summed E-state index contributed by atoms with van der Waals surface area (Å²) in [6.45, 7) is 2.21. The third kappa shape index (κ3) is 2.64. The summed E-state index contributed by atoms with van der Waals surface area (Å²) >= 11 is 1.86. The lowest BCUT2D eigenvalue weighted by Gasteiger charge is -2.50. The first-order valence-corrected chi connectivity index (χ1v) is 11.8. The summed E-state index contributed by atoms with van der Waals surface area (Å²) in [4.78, 5) is 13.3. The molecule has 2 nitrogen and oxygen atoms in total. The molecule has 0 spiro atoms. The van der Waals surface area contributed by atoms with Crippen LogP contribution in [-0.2, 0) is 9.48 Å². The minimum Gasteiger partial charge on any atom is -0.462 e. The van der Waals surface area contributed by atoms with Gasteiger partial charge in [-0.05, 0) is 64.6 Å². The minimum atomic E-state index is -0.329. The Kier molecular flexibility index (Phi) is 4.48. The van der Waals surface area contributed by atoms with Gasteiger partial charge in [0, 0.05) is 10.8 Å². The van der Waals surface area contributed by atoms with Crippen LogP contribution in [0, 0.1) is 0 Å². The molecule has 0 saturated carbocycles. The van der Waals surface area contributed by atoms with E-state index in [1.165, 1.54) is 33.4 Å². The first-order valence-electron chi connectivity index (χ1n) is 11.0. The number of benzene rings is 4. The molecule has 4 aromatic carbocycles. The first kappa shape index (κ1) is 19.4. The van der Waals surface area contributed by atoms with Crippen molar-refractivity contribution in [1.82, 2.24) is 0 Å². The Labute approximate surface area is 192 Å². The monoisotopic (exact) mass is 434 g/mol. The van der Waals surface area contributed by atoms with Crippen molar-refractivity contribution in [2.24, 2.45) is 0 Å². The van der Waals surface area contributed by atoms with Crippen LogP contribution in [0.25, 0.3) is 0 Å². The Morgan fingerprint density at radius 1 is 0.750 bits per heavy atom. The molecule has 0 aromatic heterocycles. The van der Waals surface area contributed by atoms with Gasteiger partial charge in [0.05, 0.1) is 16.9 Å². The summed E-state index contributed by atoms with van der Waals surface area (Å²) in [5.74, 6) is -0.00584. The molecule has 156 valence electrons. The highest BCUT2D eigenvalue weighted by Crippen LogP contribution is 2.64. The number of hydrogen-bond acceptors (Lipinski definition) is 3. The molecule has 32 heavy (non-hydrogen) atoms. The second-order valence-corrected chi connectivity index (χ2v) is 9.51. The van der Waals surface area contributed by atoms with Crippen LogP contribution in [0.1, 0.15) is 56.6 Å². The van der Waals surface area contributed by atoms with Crippen molar-refractivity contribution in [3.63, 3.8) is 0 Å². The van der Waals surface area contributed by atoms with Gasteiger partial charge in [0.15, 0.2) is 0 Å². The van der Waals surface area contributed by atoms with Gasteiger partial charge in [-0.1, -0.05) is 72.8 Å². The fraction of sp³-hybridized carbons (Fsp3) is 0.138. The highest BCUT2D eigenvalue weighted by molar-refractivity contribution is 8.00. The van der Waals surface area contributed by atoms with Gasteiger partial charge in [-0.2, -0.15) is 0 Å². The molecule has 3 aliphatic rings. The zero-order chi connectivity index (χ0) is 21.7. The largest absolute Gasteiger partial charge is 0.462 e. The molecule has 7 rings (SSSR count). The van der Waals surface area contributed by atoms with E-state index in [-0.39, 0.29) is 16.6 Å². The molecule has 0 amide bonds. The second-order valence-electron chi connectivity index (χ2n) is 8.22. The van der Waals surface area contributed by atoms with E-state index >= 15 is 0 Å². The average molecular weight is 435 g/mol. The third-order valence-electron chi connectivity index (χ3n) is 6.59. The Balaban J connectivity index is 1.56. The standard InChI is InChI=1S/C29H22O2S/c1-2-31-28(30)19-15-17-20(18-16-19)32-29-24-12-6-3-9-21(24)27(22-10-4-7-13-25(22)29)23-11-5-8-14-26(23)29/h3-18,27H,2H2,1H3. The van der Waals surface area contributed by atoms with Crippen molar-refractivity contribution in [2.75, 3.05) is 6.61 Å². The molecule has 2 bridgehead atoms. The molecule has 0 unspecified atom stereocenters. The van der Waals surface area contributed by atoms with Crippen LogP contribution >= 0.6 is 11.8 Å². The van der Waals surface area contributed by atoms with Crippen molar-refractivity contribution in [1.29, 1.82) is 0 Å². The average Bonchev–Trinajstić information content (AvgIpc) is 2.85. The predicted octanol–water partition coefficient (Wildman–Crippen LogP) is 6.75. The number of thioether (sulfide) groups is 1. The van der Waals surface area contributed by atoms with Crippen LogP contribution in [0.5, 0.6) is 0 Å². The molecule has 0 atom stereocenters. The maximum atomic E-state index is 12.1. The maximum Gasteiger partial charge on any atom is 0.338 e. The Hall–Kier alpha value is -3.30. The Bertz CT molecular complexity index is 1220. The minimum absolute atomic E-state index is 0.271. The highest BCUT2D eigenvalue weighted by atomic mass is 32.2. The van der Waals surface area contributed by atoms with E-state index in [4.69, 9.17) is 4.74 Å². The van der Waals surface area contributed by atoms with Gasteiger partial charge >= 0.3 is 5.97 Å². The van der Waals surface area contributed by atoms with E-state index in [0.29, 0.717) is 12.2 Å². The Morgan fingerprint density at radius 2 is 1.22 bits per heavy atom. The normalized spacial score (nSPS) is 19.6. The summed E-state index contributed by atoms with van der Waals surface area (Å²) in [5, 5.41) is 0. The van der Waals surface area contributed by atoms with Crippen molar-refractivity contribution in [3.05, 3.63) is 136 Å². The lowest BCUT2D eigenvalue weighted by Crippen LogP contribution is -2.39. The molecular weight excluding hydrogens is 412 g/mol. The number of carbonyl (C=O) groups is 1. The molecule has 0 radical (unpaired) electrons. The zero-order valence-corrected chi connectivity index (χ0v) is 18.6. The van der Waals surface area contributed by atoms with Gasteiger partial charge in [0.2, 0.25) is 0 Å². The van der Waals surface area contributed by atoms with Crippen molar-refractivity contribution in [3.8, 4) is 0 Å². The van der Waals surface area contributed by atoms with Gasteiger partial charge in [0.25, 0.3) is 0 Å². The SMILES string of the molecule is CCOC(=O)c1ccc(SC23c4ccccc4C(c4ccccc42)c2ccccc23)cc1. The van der Waals surface area contributed by atoms with Crippen LogP contribution in [0.2, 0.25) is 0 Å². The van der Waals surface area contributed by atoms with Gasteiger partial charge in [-0.3, -0.25) is 0 Å². The quantitative estimate of drug-likeness (QED) is 0.332. The van der Waals surface area contributed by atoms with E-state index in [0.717, 1.165) is 4.90 Å². The van der Waals surface area contributed by atoms with Crippen LogP contribution in [-0.4, -0.2) is 12.6 Å². The third-order valence-corrected chi connectivity index (χ3v) is 8.06. The lowest BCUT2D eigenvalue weighted by atomic mass is 9.60. The van der Waals surface area contributed by atoms with Crippen LogP contribution in [0.4, 0.5) is 0 Å². The number of esters is 1. The van der Waals surface area contributed by atoms with Crippen LogP contribution < -0.4 is 0 Å².